The molecule has 2 N–H and O–H groups in total. The van der Waals surface area contributed by atoms with Gasteiger partial charge in [0.1, 0.15) is 11.2 Å². The number of hydrogen-bond donors (Lipinski definition) is 2. The minimum Gasteiger partial charge on any atom is -0.351 e. The van der Waals surface area contributed by atoms with E-state index in [1.54, 1.807) is 26.0 Å². The van der Waals surface area contributed by atoms with E-state index in [2.05, 4.69) is 10.6 Å². The molecule has 0 atom stereocenters. The standard InChI is InChI=1S/C20H23FN2O2/c1-14-4-6-15(7-5-14)12-22-18(24)20(2,3)19(25)23-13-16-8-10-17(21)11-9-16/h4-11H,12-13H2,1-3H3,(H,22,24)(H,23,25). The van der Waals surface area contributed by atoms with Crippen LogP contribution in [0.3, 0.4) is 0 Å². The van der Waals surface area contributed by atoms with Gasteiger partial charge in [0.25, 0.3) is 0 Å². The van der Waals surface area contributed by atoms with E-state index in [-0.39, 0.29) is 24.2 Å². The van der Waals surface area contributed by atoms with Crippen LogP contribution in [0.25, 0.3) is 0 Å². The van der Waals surface area contributed by atoms with Gasteiger partial charge < -0.3 is 10.6 Å². The molecule has 4 nitrogen and oxygen atoms in total. The summed E-state index contributed by atoms with van der Waals surface area (Å²) in [6, 6.07) is 13.7. The first kappa shape index (κ1) is 18.6. The van der Waals surface area contributed by atoms with Gasteiger partial charge >= 0.3 is 0 Å². The van der Waals surface area contributed by atoms with E-state index in [1.807, 2.05) is 31.2 Å². The molecule has 0 spiro atoms. The minimum absolute atomic E-state index is 0.244. The first-order chi connectivity index (χ1) is 11.8. The normalized spacial score (nSPS) is 11.0. The van der Waals surface area contributed by atoms with E-state index in [0.29, 0.717) is 6.54 Å². The average Bonchev–Trinajstić information content (AvgIpc) is 2.60. The molecular formula is C20H23FN2O2. The summed E-state index contributed by atoms with van der Waals surface area (Å²) < 4.78 is 12.9. The molecule has 2 rings (SSSR count). The maximum atomic E-state index is 12.9. The maximum Gasteiger partial charge on any atom is 0.235 e. The molecule has 0 saturated carbocycles. The molecule has 0 radical (unpaired) electrons. The van der Waals surface area contributed by atoms with Gasteiger partial charge in [-0.3, -0.25) is 9.59 Å². The van der Waals surface area contributed by atoms with Crippen LogP contribution in [0.2, 0.25) is 0 Å². The lowest BCUT2D eigenvalue weighted by Crippen LogP contribution is -2.47. The van der Waals surface area contributed by atoms with Crippen molar-refractivity contribution < 1.29 is 14.0 Å². The maximum absolute atomic E-state index is 12.9. The van der Waals surface area contributed by atoms with E-state index in [9.17, 15) is 14.0 Å². The Labute approximate surface area is 147 Å². The van der Waals surface area contributed by atoms with Gasteiger partial charge in [-0.25, -0.2) is 4.39 Å². The lowest BCUT2D eigenvalue weighted by molar-refractivity contribution is -0.141. The molecule has 25 heavy (non-hydrogen) atoms. The first-order valence-corrected chi connectivity index (χ1v) is 8.15. The highest BCUT2D eigenvalue weighted by Gasteiger charge is 2.35. The summed E-state index contributed by atoms with van der Waals surface area (Å²) >= 11 is 0. The van der Waals surface area contributed by atoms with Crippen molar-refractivity contribution in [3.8, 4) is 0 Å². The van der Waals surface area contributed by atoms with Crippen LogP contribution in [0, 0.1) is 18.2 Å². The number of amides is 2. The number of benzene rings is 2. The summed E-state index contributed by atoms with van der Waals surface area (Å²) in [5.41, 5.74) is 1.69. The van der Waals surface area contributed by atoms with Crippen LogP contribution in [0.1, 0.15) is 30.5 Å². The fourth-order valence-corrected chi connectivity index (χ4v) is 2.22. The molecular weight excluding hydrogens is 319 g/mol. The van der Waals surface area contributed by atoms with Gasteiger partial charge in [-0.1, -0.05) is 42.0 Å². The van der Waals surface area contributed by atoms with Crippen molar-refractivity contribution in [3.63, 3.8) is 0 Å². The van der Waals surface area contributed by atoms with Gasteiger partial charge in [-0.2, -0.15) is 0 Å². The van der Waals surface area contributed by atoms with Crippen molar-refractivity contribution in [2.75, 3.05) is 0 Å². The SMILES string of the molecule is Cc1ccc(CNC(=O)C(C)(C)C(=O)NCc2ccc(F)cc2)cc1. The second-order valence-electron chi connectivity index (χ2n) is 6.60. The van der Waals surface area contributed by atoms with Crippen molar-refractivity contribution in [2.24, 2.45) is 5.41 Å². The van der Waals surface area contributed by atoms with Gasteiger partial charge in [-0.05, 0) is 44.0 Å². The predicted octanol–water partition coefficient (Wildman–Crippen LogP) is 3.09. The third-order valence-corrected chi connectivity index (χ3v) is 4.08. The Balaban J connectivity index is 1.89. The minimum atomic E-state index is -1.20. The Morgan fingerprint density at radius 1 is 0.840 bits per heavy atom. The molecule has 2 aromatic rings. The second kappa shape index (κ2) is 7.92. The third kappa shape index (κ3) is 5.14. The van der Waals surface area contributed by atoms with E-state index in [1.165, 1.54) is 12.1 Å². The van der Waals surface area contributed by atoms with Crippen LogP contribution in [0.4, 0.5) is 4.39 Å². The topological polar surface area (TPSA) is 58.2 Å². The van der Waals surface area contributed by atoms with Crippen molar-refractivity contribution in [2.45, 2.75) is 33.9 Å². The van der Waals surface area contributed by atoms with Crippen LogP contribution in [0.15, 0.2) is 48.5 Å². The zero-order chi connectivity index (χ0) is 18.4. The average molecular weight is 342 g/mol. The molecule has 0 bridgehead atoms. The highest BCUT2D eigenvalue weighted by molar-refractivity contribution is 6.04. The molecule has 2 aromatic carbocycles. The molecule has 0 fully saturated rings. The number of aryl methyl sites for hydroxylation is 1. The second-order valence-corrected chi connectivity index (χ2v) is 6.60. The molecule has 0 saturated heterocycles. The summed E-state index contributed by atoms with van der Waals surface area (Å²) in [5.74, 6) is -1.05. The van der Waals surface area contributed by atoms with Gasteiger partial charge in [0.2, 0.25) is 11.8 Å². The number of carbonyl (C=O) groups excluding carboxylic acids is 2. The summed E-state index contributed by atoms with van der Waals surface area (Å²) in [7, 11) is 0. The Hall–Kier alpha value is -2.69. The van der Waals surface area contributed by atoms with Crippen LogP contribution >= 0.6 is 0 Å². The lowest BCUT2D eigenvalue weighted by Gasteiger charge is -2.23. The summed E-state index contributed by atoms with van der Waals surface area (Å²) in [5, 5.41) is 5.52. The Kier molecular flexibility index (Phi) is 5.91. The first-order valence-electron chi connectivity index (χ1n) is 8.15. The predicted molar refractivity (Wildman–Crippen MR) is 95.1 cm³/mol. The monoisotopic (exact) mass is 342 g/mol. The van der Waals surface area contributed by atoms with Crippen molar-refractivity contribution in [3.05, 3.63) is 71.0 Å². The number of halogens is 1. The van der Waals surface area contributed by atoms with E-state index in [0.717, 1.165) is 16.7 Å². The molecule has 2 amide bonds. The summed E-state index contributed by atoms with van der Waals surface area (Å²) in [6.07, 6.45) is 0. The molecule has 0 aliphatic carbocycles. The van der Waals surface area contributed by atoms with Gasteiger partial charge in [0.05, 0.1) is 0 Å². The van der Waals surface area contributed by atoms with E-state index in [4.69, 9.17) is 0 Å². The van der Waals surface area contributed by atoms with Crippen LogP contribution in [0.5, 0.6) is 0 Å². The zero-order valence-corrected chi connectivity index (χ0v) is 14.7. The van der Waals surface area contributed by atoms with Crippen LogP contribution in [-0.2, 0) is 22.7 Å². The molecule has 0 heterocycles. The van der Waals surface area contributed by atoms with Crippen molar-refractivity contribution in [1.29, 1.82) is 0 Å². The highest BCUT2D eigenvalue weighted by atomic mass is 19.1. The Morgan fingerprint density at radius 2 is 1.24 bits per heavy atom. The van der Waals surface area contributed by atoms with E-state index >= 15 is 0 Å². The fourth-order valence-electron chi connectivity index (χ4n) is 2.22. The molecule has 132 valence electrons. The fraction of sp³-hybridized carbons (Fsp3) is 0.300. The summed E-state index contributed by atoms with van der Waals surface area (Å²) in [4.78, 5) is 24.7. The van der Waals surface area contributed by atoms with Gasteiger partial charge in [0.15, 0.2) is 0 Å². The lowest BCUT2D eigenvalue weighted by atomic mass is 9.91. The number of rotatable bonds is 6. The van der Waals surface area contributed by atoms with Gasteiger partial charge in [-0.15, -0.1) is 0 Å². The van der Waals surface area contributed by atoms with Crippen LogP contribution in [-0.4, -0.2) is 11.8 Å². The number of carbonyl (C=O) groups is 2. The zero-order valence-electron chi connectivity index (χ0n) is 14.7. The smallest absolute Gasteiger partial charge is 0.235 e. The third-order valence-electron chi connectivity index (χ3n) is 4.08. The summed E-state index contributed by atoms with van der Waals surface area (Å²) in [6.45, 7) is 5.77. The van der Waals surface area contributed by atoms with E-state index < -0.39 is 5.41 Å². The quantitative estimate of drug-likeness (QED) is 0.793. The van der Waals surface area contributed by atoms with Crippen LogP contribution < -0.4 is 10.6 Å². The Morgan fingerprint density at radius 3 is 1.68 bits per heavy atom. The molecule has 0 aromatic heterocycles. The Bertz CT molecular complexity index is 674. The van der Waals surface area contributed by atoms with Crippen molar-refractivity contribution in [1.82, 2.24) is 10.6 Å². The number of nitrogens with one attached hydrogen (secondary N) is 2. The molecule has 0 unspecified atom stereocenters. The number of hydrogen-bond acceptors (Lipinski definition) is 2. The molecule has 0 aliphatic heterocycles. The van der Waals surface area contributed by atoms with Crippen molar-refractivity contribution >= 4 is 11.8 Å². The van der Waals surface area contributed by atoms with Gasteiger partial charge in [0, 0.05) is 13.1 Å². The molecule has 0 aliphatic rings. The highest BCUT2D eigenvalue weighted by Crippen LogP contribution is 2.16. The largest absolute Gasteiger partial charge is 0.351 e. The molecule has 5 heteroatoms.